The lowest BCUT2D eigenvalue weighted by Crippen LogP contribution is -2.23. The van der Waals surface area contributed by atoms with E-state index in [0.717, 1.165) is 24.8 Å². The molecule has 1 unspecified atom stereocenters. The van der Waals surface area contributed by atoms with Crippen molar-refractivity contribution in [3.05, 3.63) is 0 Å². The van der Waals surface area contributed by atoms with Crippen LogP contribution in [-0.2, 0) is 4.74 Å². The molecule has 1 aliphatic rings. The van der Waals surface area contributed by atoms with Gasteiger partial charge in [-0.25, -0.2) is 0 Å². The zero-order chi connectivity index (χ0) is 10.6. The molecule has 82 valence electrons. The van der Waals surface area contributed by atoms with E-state index in [9.17, 15) is 0 Å². The third-order valence-corrected chi connectivity index (χ3v) is 3.17. The second kappa shape index (κ2) is 4.81. The molecule has 0 spiro atoms. The number of rotatable bonds is 0. The fraction of sp³-hybridized carbons (Fsp3) is 0.917. The van der Waals surface area contributed by atoms with E-state index < -0.39 is 0 Å². The summed E-state index contributed by atoms with van der Waals surface area (Å²) in [6.07, 6.45) is 4.74. The van der Waals surface area contributed by atoms with Crippen LogP contribution in [0, 0.1) is 11.3 Å². The molecule has 0 aliphatic carbocycles. The Morgan fingerprint density at radius 3 is 2.57 bits per heavy atom. The van der Waals surface area contributed by atoms with Crippen molar-refractivity contribution in [3.8, 4) is 0 Å². The van der Waals surface area contributed by atoms with Gasteiger partial charge in [0.2, 0.25) is 0 Å². The molecule has 0 bridgehead atoms. The van der Waals surface area contributed by atoms with Crippen molar-refractivity contribution < 1.29 is 4.74 Å². The molecule has 1 aliphatic heterocycles. The van der Waals surface area contributed by atoms with Gasteiger partial charge in [-0.3, -0.25) is 4.99 Å². The molecule has 0 aromatic carbocycles. The highest BCUT2D eigenvalue weighted by molar-refractivity contribution is 5.75. The number of hydrogen-bond donors (Lipinski definition) is 0. The van der Waals surface area contributed by atoms with Crippen LogP contribution in [0.15, 0.2) is 4.99 Å². The van der Waals surface area contributed by atoms with E-state index in [1.54, 1.807) is 7.11 Å². The van der Waals surface area contributed by atoms with Crippen molar-refractivity contribution in [1.29, 1.82) is 0 Å². The number of methoxy groups -OCH3 is 1. The summed E-state index contributed by atoms with van der Waals surface area (Å²) in [4.78, 5) is 4.41. The second-order valence-electron chi connectivity index (χ2n) is 5.22. The van der Waals surface area contributed by atoms with Crippen LogP contribution in [0.25, 0.3) is 0 Å². The fourth-order valence-corrected chi connectivity index (χ4v) is 2.10. The summed E-state index contributed by atoms with van der Waals surface area (Å²) in [7, 11) is 1.73. The van der Waals surface area contributed by atoms with Gasteiger partial charge in [0.05, 0.1) is 7.11 Å². The van der Waals surface area contributed by atoms with E-state index in [4.69, 9.17) is 4.74 Å². The van der Waals surface area contributed by atoms with Gasteiger partial charge in [-0.05, 0) is 30.6 Å². The highest BCUT2D eigenvalue weighted by atomic mass is 16.5. The topological polar surface area (TPSA) is 21.6 Å². The van der Waals surface area contributed by atoms with Crippen molar-refractivity contribution in [2.75, 3.05) is 13.7 Å². The Morgan fingerprint density at radius 2 is 2.00 bits per heavy atom. The highest BCUT2D eigenvalue weighted by Gasteiger charge is 2.25. The van der Waals surface area contributed by atoms with Crippen LogP contribution in [0.4, 0.5) is 0 Å². The molecule has 1 rings (SSSR count). The Hall–Kier alpha value is -0.530. The van der Waals surface area contributed by atoms with Gasteiger partial charge < -0.3 is 4.74 Å². The third-order valence-electron chi connectivity index (χ3n) is 3.17. The minimum atomic E-state index is 0.427. The monoisotopic (exact) mass is 197 g/mol. The van der Waals surface area contributed by atoms with Crippen LogP contribution in [-0.4, -0.2) is 19.6 Å². The van der Waals surface area contributed by atoms with Gasteiger partial charge in [0.1, 0.15) is 0 Å². The second-order valence-corrected chi connectivity index (χ2v) is 5.22. The Kier molecular flexibility index (Phi) is 3.97. The average molecular weight is 197 g/mol. The summed E-state index contributed by atoms with van der Waals surface area (Å²) in [5, 5.41) is 0. The van der Waals surface area contributed by atoms with E-state index in [0.29, 0.717) is 5.41 Å². The third kappa shape index (κ3) is 3.32. The highest BCUT2D eigenvalue weighted by Crippen LogP contribution is 2.34. The normalized spacial score (nSPS) is 28.6. The Labute approximate surface area is 87.8 Å². The molecular weight excluding hydrogens is 174 g/mol. The van der Waals surface area contributed by atoms with Gasteiger partial charge in [-0.15, -0.1) is 0 Å². The average Bonchev–Trinajstić information content (AvgIpc) is 2.01. The summed E-state index contributed by atoms with van der Waals surface area (Å²) in [5.41, 5.74) is 0.427. The first-order valence-corrected chi connectivity index (χ1v) is 5.61. The maximum Gasteiger partial charge on any atom is 0.182 e. The molecule has 0 aromatic heterocycles. The molecule has 2 heteroatoms. The molecule has 0 aromatic rings. The largest absolute Gasteiger partial charge is 0.484 e. The summed E-state index contributed by atoms with van der Waals surface area (Å²) >= 11 is 0. The quantitative estimate of drug-likeness (QED) is 0.584. The van der Waals surface area contributed by atoms with Crippen molar-refractivity contribution in [2.45, 2.75) is 46.5 Å². The summed E-state index contributed by atoms with van der Waals surface area (Å²) in [5.74, 6) is 1.75. The molecule has 0 saturated heterocycles. The maximum absolute atomic E-state index is 5.24. The summed E-state index contributed by atoms with van der Waals surface area (Å²) < 4.78 is 5.24. The van der Waals surface area contributed by atoms with Gasteiger partial charge in [0.15, 0.2) is 5.90 Å². The minimum absolute atomic E-state index is 0.427. The standard InChI is InChI=1S/C12H23NO/c1-12(2,3)10-6-5-9-13-11(14-4)8-7-10/h10H,5-9H2,1-4H3/b13-11+. The lowest BCUT2D eigenvalue weighted by molar-refractivity contribution is 0.205. The van der Waals surface area contributed by atoms with Crippen LogP contribution in [0.1, 0.15) is 46.5 Å². The molecule has 0 fully saturated rings. The molecule has 2 nitrogen and oxygen atoms in total. The van der Waals surface area contributed by atoms with E-state index in [2.05, 4.69) is 25.8 Å². The number of nitrogens with zero attached hydrogens (tertiary/aromatic N) is 1. The van der Waals surface area contributed by atoms with E-state index in [1.807, 2.05) is 0 Å². The Balaban J connectivity index is 2.56. The molecule has 0 N–H and O–H groups in total. The van der Waals surface area contributed by atoms with E-state index in [1.165, 1.54) is 19.3 Å². The van der Waals surface area contributed by atoms with E-state index in [-0.39, 0.29) is 0 Å². The lowest BCUT2D eigenvalue weighted by atomic mass is 9.75. The van der Waals surface area contributed by atoms with Gasteiger partial charge >= 0.3 is 0 Å². The van der Waals surface area contributed by atoms with Crippen LogP contribution in [0.2, 0.25) is 0 Å². The molecule has 0 radical (unpaired) electrons. The zero-order valence-electron chi connectivity index (χ0n) is 9.97. The van der Waals surface area contributed by atoms with Crippen LogP contribution < -0.4 is 0 Å². The Morgan fingerprint density at radius 1 is 1.29 bits per heavy atom. The predicted molar refractivity (Wildman–Crippen MR) is 60.7 cm³/mol. The zero-order valence-corrected chi connectivity index (χ0v) is 9.97. The molecule has 1 atom stereocenters. The lowest BCUT2D eigenvalue weighted by Gasteiger charge is -2.31. The first-order valence-electron chi connectivity index (χ1n) is 5.61. The first-order chi connectivity index (χ1) is 6.54. The van der Waals surface area contributed by atoms with Crippen LogP contribution in [0.5, 0.6) is 0 Å². The van der Waals surface area contributed by atoms with Crippen molar-refractivity contribution in [2.24, 2.45) is 16.3 Å². The van der Waals surface area contributed by atoms with Crippen molar-refractivity contribution >= 4 is 5.90 Å². The van der Waals surface area contributed by atoms with Crippen molar-refractivity contribution in [1.82, 2.24) is 0 Å². The van der Waals surface area contributed by atoms with Crippen LogP contribution in [0.3, 0.4) is 0 Å². The number of ether oxygens (including phenoxy) is 1. The number of aliphatic imine (C=N–C) groups is 1. The molecule has 0 amide bonds. The minimum Gasteiger partial charge on any atom is -0.484 e. The smallest absolute Gasteiger partial charge is 0.182 e. The SMILES string of the molecule is CO/C1=N/CCCC(C(C)(C)C)CC1. The predicted octanol–water partition coefficient (Wildman–Crippen LogP) is 3.27. The van der Waals surface area contributed by atoms with Crippen molar-refractivity contribution in [3.63, 3.8) is 0 Å². The van der Waals surface area contributed by atoms with Gasteiger partial charge in [-0.2, -0.15) is 0 Å². The summed E-state index contributed by atoms with van der Waals surface area (Å²) in [6, 6.07) is 0. The summed E-state index contributed by atoms with van der Waals surface area (Å²) in [6.45, 7) is 7.95. The number of hydrogen-bond acceptors (Lipinski definition) is 2. The Bertz CT molecular complexity index is 203. The van der Waals surface area contributed by atoms with E-state index >= 15 is 0 Å². The van der Waals surface area contributed by atoms with Crippen LogP contribution >= 0.6 is 0 Å². The van der Waals surface area contributed by atoms with Gasteiger partial charge in [0.25, 0.3) is 0 Å². The molecule has 1 heterocycles. The maximum atomic E-state index is 5.24. The van der Waals surface area contributed by atoms with Gasteiger partial charge in [0, 0.05) is 13.0 Å². The first kappa shape index (κ1) is 11.5. The molecular formula is C12H23NO. The van der Waals surface area contributed by atoms with Gasteiger partial charge in [-0.1, -0.05) is 20.8 Å². The fourth-order valence-electron chi connectivity index (χ4n) is 2.10. The molecule has 14 heavy (non-hydrogen) atoms. The molecule has 0 saturated carbocycles.